The molecule has 2 unspecified atom stereocenters. The van der Waals surface area contributed by atoms with Gasteiger partial charge in [0.15, 0.2) is 0 Å². The molecule has 6 aliphatic rings. The van der Waals surface area contributed by atoms with Crippen LogP contribution in [-0.2, 0) is 16.2 Å². The zero-order valence-electron chi connectivity index (χ0n) is 39.5. The zero-order valence-corrected chi connectivity index (χ0v) is 40.3. The number of thiophene rings is 1. The molecule has 15 rings (SSSR count). The van der Waals surface area contributed by atoms with Crippen LogP contribution in [-0.4, -0.2) is 16.8 Å². The van der Waals surface area contributed by atoms with Crippen molar-refractivity contribution < 1.29 is 0 Å². The first-order chi connectivity index (χ1) is 32.6. The molecular formula is C62H56BN3S. The summed E-state index contributed by atoms with van der Waals surface area (Å²) in [6.07, 6.45) is 11.2. The van der Waals surface area contributed by atoms with Gasteiger partial charge in [-0.25, -0.2) is 0 Å². The molecule has 3 nitrogen and oxygen atoms in total. The molecule has 3 aliphatic carbocycles. The van der Waals surface area contributed by atoms with E-state index in [2.05, 4.69) is 200 Å². The Morgan fingerprint density at radius 1 is 0.552 bits per heavy atom. The molecule has 0 N–H and O–H groups in total. The molecule has 0 bridgehead atoms. The third kappa shape index (κ3) is 4.80. The molecule has 3 aliphatic heterocycles. The van der Waals surface area contributed by atoms with Crippen LogP contribution >= 0.6 is 11.3 Å². The zero-order chi connectivity index (χ0) is 44.8. The number of fused-ring (bicyclic) bond motifs is 17. The average Bonchev–Trinajstić information content (AvgIpc) is 4.03. The third-order valence-electron chi connectivity index (χ3n) is 18.5. The standard InChI is InChI=1S/C62H56BN3S/c1-59(2,3)38-26-28-45-54(34-38)67-58-56(45)65(39-27-29-42-41-18-7-10-21-46(41)62(48(42)35-39)32-13-6-14-33-62)52-36-40(64-50-24-11-8-19-43(50)44-20-9-12-25-51(44)64)37-53-55(52)63(58)49-23-17-22-47-57(49)66(53)61(5)31-16-15-30-60(47,61)4/h7-12,17-29,34-37H,6,13-16,30-33H2,1-5H3. The van der Waals surface area contributed by atoms with E-state index in [0.717, 1.165) is 0 Å². The van der Waals surface area contributed by atoms with Gasteiger partial charge in [0, 0.05) is 59.2 Å². The van der Waals surface area contributed by atoms with Crippen LogP contribution in [0.1, 0.15) is 115 Å². The average molecular weight is 886 g/mol. The summed E-state index contributed by atoms with van der Waals surface area (Å²) in [7, 11) is 0. The lowest BCUT2D eigenvalue weighted by Gasteiger charge is -2.52. The van der Waals surface area contributed by atoms with Gasteiger partial charge in [0.25, 0.3) is 6.71 Å². The summed E-state index contributed by atoms with van der Waals surface area (Å²) in [5.74, 6) is 0. The van der Waals surface area contributed by atoms with Crippen molar-refractivity contribution in [3.8, 4) is 16.8 Å². The van der Waals surface area contributed by atoms with Gasteiger partial charge in [-0.2, -0.15) is 0 Å². The predicted octanol–water partition coefficient (Wildman–Crippen LogP) is 14.9. The summed E-state index contributed by atoms with van der Waals surface area (Å²) < 4.78 is 5.45. The Balaban J connectivity index is 1.09. The first kappa shape index (κ1) is 39.0. The summed E-state index contributed by atoms with van der Waals surface area (Å²) in [4.78, 5) is 5.68. The van der Waals surface area contributed by atoms with Gasteiger partial charge >= 0.3 is 0 Å². The van der Waals surface area contributed by atoms with Crippen molar-refractivity contribution in [3.05, 3.63) is 162 Å². The summed E-state index contributed by atoms with van der Waals surface area (Å²) in [5, 5.41) is 3.97. The number of nitrogens with zero attached hydrogens (tertiary/aromatic N) is 3. The second-order valence-electron chi connectivity index (χ2n) is 22.6. The predicted molar refractivity (Wildman–Crippen MR) is 286 cm³/mol. The molecule has 1 spiro atoms. The minimum Gasteiger partial charge on any atom is -0.335 e. The number of benzene rings is 7. The third-order valence-corrected chi connectivity index (χ3v) is 19.7. The van der Waals surface area contributed by atoms with Crippen molar-refractivity contribution in [1.82, 2.24) is 4.57 Å². The van der Waals surface area contributed by atoms with Crippen LogP contribution in [0, 0.1) is 0 Å². The van der Waals surface area contributed by atoms with Gasteiger partial charge in [-0.3, -0.25) is 0 Å². The van der Waals surface area contributed by atoms with Gasteiger partial charge in [-0.1, -0.05) is 157 Å². The topological polar surface area (TPSA) is 11.4 Å². The van der Waals surface area contributed by atoms with E-state index in [4.69, 9.17) is 0 Å². The van der Waals surface area contributed by atoms with Crippen molar-refractivity contribution in [2.75, 3.05) is 9.80 Å². The Kier molecular flexibility index (Phi) is 7.65. The van der Waals surface area contributed by atoms with E-state index in [-0.39, 0.29) is 28.5 Å². The fourth-order valence-electron chi connectivity index (χ4n) is 15.1. The summed E-state index contributed by atoms with van der Waals surface area (Å²) >= 11 is 2.06. The second-order valence-corrected chi connectivity index (χ2v) is 23.7. The molecule has 0 saturated heterocycles. The first-order valence-corrected chi connectivity index (χ1v) is 26.1. The van der Waals surface area contributed by atoms with Crippen molar-refractivity contribution in [2.24, 2.45) is 0 Å². The number of para-hydroxylation sites is 3. The monoisotopic (exact) mass is 885 g/mol. The maximum Gasteiger partial charge on any atom is 0.264 e. The maximum atomic E-state index is 2.91. The van der Waals surface area contributed by atoms with Gasteiger partial charge in [0.2, 0.25) is 0 Å². The molecular weight excluding hydrogens is 830 g/mol. The highest BCUT2D eigenvalue weighted by atomic mass is 32.1. The molecule has 0 amide bonds. The van der Waals surface area contributed by atoms with Crippen LogP contribution in [0.5, 0.6) is 0 Å². The smallest absolute Gasteiger partial charge is 0.264 e. The Morgan fingerprint density at radius 2 is 1.24 bits per heavy atom. The molecule has 328 valence electrons. The van der Waals surface area contributed by atoms with E-state index < -0.39 is 0 Å². The Labute approximate surface area is 399 Å². The maximum absolute atomic E-state index is 2.91. The van der Waals surface area contributed by atoms with Crippen molar-refractivity contribution >= 4 is 94.1 Å². The molecule has 2 fully saturated rings. The Morgan fingerprint density at radius 3 is 2.03 bits per heavy atom. The van der Waals surface area contributed by atoms with Gasteiger partial charge < -0.3 is 14.4 Å². The van der Waals surface area contributed by atoms with E-state index in [9.17, 15) is 0 Å². The molecule has 2 saturated carbocycles. The molecule has 5 heterocycles. The van der Waals surface area contributed by atoms with Gasteiger partial charge in [0.1, 0.15) is 0 Å². The van der Waals surface area contributed by atoms with E-state index in [0.29, 0.717) is 0 Å². The minimum absolute atomic E-state index is 0.0351. The van der Waals surface area contributed by atoms with E-state index in [1.807, 2.05) is 0 Å². The molecule has 2 aromatic heterocycles. The molecule has 9 aromatic rings. The lowest BCUT2D eigenvalue weighted by molar-refractivity contribution is 0.195. The van der Waals surface area contributed by atoms with Crippen molar-refractivity contribution in [1.29, 1.82) is 0 Å². The molecule has 5 heteroatoms. The van der Waals surface area contributed by atoms with Gasteiger partial charge in [0.05, 0.1) is 27.9 Å². The van der Waals surface area contributed by atoms with Crippen LogP contribution < -0.4 is 25.5 Å². The molecule has 7 aromatic carbocycles. The number of rotatable bonds is 2. The summed E-state index contributed by atoms with van der Waals surface area (Å²) in [6.45, 7) is 12.4. The van der Waals surface area contributed by atoms with E-state index >= 15 is 0 Å². The lowest BCUT2D eigenvalue weighted by Crippen LogP contribution is -2.64. The Bertz CT molecular complexity index is 3580. The van der Waals surface area contributed by atoms with E-state index in [1.165, 1.54) is 162 Å². The van der Waals surface area contributed by atoms with Crippen LogP contribution in [0.25, 0.3) is 48.7 Å². The minimum atomic E-state index is -0.0680. The van der Waals surface area contributed by atoms with Crippen molar-refractivity contribution in [3.63, 3.8) is 0 Å². The van der Waals surface area contributed by atoms with Crippen LogP contribution in [0.4, 0.5) is 28.4 Å². The summed E-state index contributed by atoms with van der Waals surface area (Å²) in [5.41, 5.74) is 22.5. The lowest BCUT2D eigenvalue weighted by atomic mass is 9.36. The number of aromatic nitrogens is 1. The van der Waals surface area contributed by atoms with Crippen LogP contribution in [0.2, 0.25) is 0 Å². The van der Waals surface area contributed by atoms with Crippen LogP contribution in [0.15, 0.2) is 140 Å². The highest BCUT2D eigenvalue weighted by Gasteiger charge is 2.61. The first-order valence-electron chi connectivity index (χ1n) is 25.3. The highest BCUT2D eigenvalue weighted by molar-refractivity contribution is 7.33. The number of hydrogen-bond acceptors (Lipinski definition) is 3. The van der Waals surface area contributed by atoms with E-state index in [1.54, 1.807) is 11.1 Å². The van der Waals surface area contributed by atoms with Crippen molar-refractivity contribution in [2.45, 2.75) is 114 Å². The normalized spacial score (nSPS) is 21.7. The van der Waals surface area contributed by atoms with Crippen LogP contribution in [0.3, 0.4) is 0 Å². The van der Waals surface area contributed by atoms with Gasteiger partial charge in [-0.15, -0.1) is 11.3 Å². The number of hydrogen-bond donors (Lipinski definition) is 0. The largest absolute Gasteiger partial charge is 0.335 e. The molecule has 0 radical (unpaired) electrons. The second kappa shape index (κ2) is 13.1. The highest BCUT2D eigenvalue weighted by Crippen LogP contribution is 2.63. The van der Waals surface area contributed by atoms with Gasteiger partial charge in [-0.05, 0) is 125 Å². The SMILES string of the molecule is CC(C)(C)c1ccc2c3c(sc2c1)B1c2cccc4c2N(c2cc(-n5c6ccccc6c6ccccc65)cc(c21)N3c1ccc2c(c1)C1(CCCCC1)c1ccccc1-2)C1(C)CCCCC41C. The molecule has 67 heavy (non-hydrogen) atoms. The summed E-state index contributed by atoms with van der Waals surface area (Å²) in [6, 6.07) is 55.3. The quantitative estimate of drug-likeness (QED) is 0.160. The fraction of sp³-hybridized carbons (Fsp3) is 0.290. The Hall–Kier alpha value is -6.04. The molecule has 2 atom stereocenters. The fourth-order valence-corrected chi connectivity index (χ4v) is 16.4. The number of anilines is 5.